The van der Waals surface area contributed by atoms with Crippen molar-refractivity contribution in [2.24, 2.45) is 11.8 Å². The van der Waals surface area contributed by atoms with E-state index in [9.17, 15) is 9.59 Å². The van der Waals surface area contributed by atoms with Gasteiger partial charge in [0.2, 0.25) is 5.91 Å². The average molecular weight is 316 g/mol. The molecule has 6 heteroatoms. The van der Waals surface area contributed by atoms with Crippen molar-refractivity contribution in [2.45, 2.75) is 27.2 Å². The molecule has 0 aromatic heterocycles. The highest BCUT2D eigenvalue weighted by Crippen LogP contribution is 2.18. The van der Waals surface area contributed by atoms with Crippen molar-refractivity contribution < 1.29 is 14.3 Å². The summed E-state index contributed by atoms with van der Waals surface area (Å²) in [4.78, 5) is 25.6. The zero-order chi connectivity index (χ0) is 15.7. The molecule has 0 spiro atoms. The fraction of sp³-hybridized carbons (Fsp3) is 0.867. The van der Waals surface area contributed by atoms with Gasteiger partial charge in [0.1, 0.15) is 0 Å². The van der Waals surface area contributed by atoms with E-state index in [0.29, 0.717) is 18.2 Å². The van der Waals surface area contributed by atoms with Gasteiger partial charge < -0.3 is 10.1 Å². The highest BCUT2D eigenvalue weighted by Gasteiger charge is 2.20. The van der Waals surface area contributed by atoms with Crippen LogP contribution in [0.1, 0.15) is 27.2 Å². The third-order valence-electron chi connectivity index (χ3n) is 3.45. The summed E-state index contributed by atoms with van der Waals surface area (Å²) in [6, 6.07) is 0. The predicted octanol–water partition coefficient (Wildman–Crippen LogP) is 1.38. The molecule has 1 amide bonds. The lowest BCUT2D eigenvalue weighted by Crippen LogP contribution is -2.42. The zero-order valence-electron chi connectivity index (χ0n) is 13.4. The SMILES string of the molecule is CC(=O)SCC(CC(C)C)C(=O)NCCN1CCOCC1. The molecule has 1 heterocycles. The quantitative estimate of drug-likeness (QED) is 0.733. The van der Waals surface area contributed by atoms with Gasteiger partial charge in [0, 0.05) is 44.8 Å². The van der Waals surface area contributed by atoms with E-state index in [0.717, 1.165) is 39.3 Å². The number of nitrogens with zero attached hydrogens (tertiary/aromatic N) is 1. The molecule has 1 fully saturated rings. The van der Waals surface area contributed by atoms with Crippen LogP contribution in [0.25, 0.3) is 0 Å². The number of hydrogen-bond acceptors (Lipinski definition) is 5. The summed E-state index contributed by atoms with van der Waals surface area (Å²) in [5, 5.41) is 3.09. The molecular formula is C15H28N2O3S. The second-order valence-electron chi connectivity index (χ2n) is 5.87. The van der Waals surface area contributed by atoms with Crippen molar-refractivity contribution in [1.29, 1.82) is 0 Å². The molecule has 1 rings (SSSR count). The van der Waals surface area contributed by atoms with Gasteiger partial charge in [0.25, 0.3) is 0 Å². The minimum absolute atomic E-state index is 0.0740. The van der Waals surface area contributed by atoms with Crippen molar-refractivity contribution in [3.8, 4) is 0 Å². The molecule has 1 N–H and O–H groups in total. The van der Waals surface area contributed by atoms with Crippen LogP contribution >= 0.6 is 11.8 Å². The Morgan fingerprint density at radius 3 is 2.52 bits per heavy atom. The molecule has 21 heavy (non-hydrogen) atoms. The fourth-order valence-electron chi connectivity index (χ4n) is 2.34. The number of amides is 1. The molecule has 0 aromatic carbocycles. The van der Waals surface area contributed by atoms with Crippen molar-refractivity contribution in [3.63, 3.8) is 0 Å². The number of carbonyl (C=O) groups excluding carboxylic acids is 2. The van der Waals surface area contributed by atoms with Crippen LogP contribution < -0.4 is 5.32 Å². The molecule has 1 atom stereocenters. The van der Waals surface area contributed by atoms with E-state index < -0.39 is 0 Å². The number of thioether (sulfide) groups is 1. The second-order valence-corrected chi connectivity index (χ2v) is 7.07. The summed E-state index contributed by atoms with van der Waals surface area (Å²) in [6.45, 7) is 10.7. The van der Waals surface area contributed by atoms with E-state index in [1.54, 1.807) is 6.92 Å². The highest BCUT2D eigenvalue weighted by atomic mass is 32.2. The second kappa shape index (κ2) is 10.2. The Morgan fingerprint density at radius 1 is 1.29 bits per heavy atom. The molecule has 0 aliphatic carbocycles. The Labute approximate surface area is 132 Å². The van der Waals surface area contributed by atoms with Crippen LogP contribution in [-0.4, -0.2) is 61.1 Å². The van der Waals surface area contributed by atoms with Gasteiger partial charge in [-0.3, -0.25) is 14.5 Å². The first kappa shape index (κ1) is 18.5. The number of nitrogens with one attached hydrogen (secondary N) is 1. The van der Waals surface area contributed by atoms with Crippen LogP contribution in [0.2, 0.25) is 0 Å². The minimum Gasteiger partial charge on any atom is -0.379 e. The maximum atomic E-state index is 12.3. The van der Waals surface area contributed by atoms with Crippen LogP contribution in [0.15, 0.2) is 0 Å². The Balaban J connectivity index is 2.30. The van der Waals surface area contributed by atoms with Gasteiger partial charge in [-0.1, -0.05) is 25.6 Å². The smallest absolute Gasteiger partial charge is 0.224 e. The standard InChI is InChI=1S/C15H28N2O3S/c1-12(2)10-14(11-21-13(3)18)15(19)16-4-5-17-6-8-20-9-7-17/h12,14H,4-11H2,1-3H3,(H,16,19). The summed E-state index contributed by atoms with van der Waals surface area (Å²) >= 11 is 1.24. The lowest BCUT2D eigenvalue weighted by Gasteiger charge is -2.27. The summed E-state index contributed by atoms with van der Waals surface area (Å²) in [7, 11) is 0. The number of carbonyl (C=O) groups is 2. The van der Waals surface area contributed by atoms with E-state index in [4.69, 9.17) is 4.74 Å². The third-order valence-corrected chi connectivity index (χ3v) is 4.42. The first-order valence-electron chi connectivity index (χ1n) is 7.70. The van der Waals surface area contributed by atoms with E-state index >= 15 is 0 Å². The van der Waals surface area contributed by atoms with Gasteiger partial charge in [-0.2, -0.15) is 0 Å². The highest BCUT2D eigenvalue weighted by molar-refractivity contribution is 8.13. The van der Waals surface area contributed by atoms with E-state index in [-0.39, 0.29) is 16.9 Å². The molecule has 1 aliphatic rings. The molecule has 1 aliphatic heterocycles. The van der Waals surface area contributed by atoms with Gasteiger partial charge in [0.15, 0.2) is 5.12 Å². The molecule has 0 aromatic rings. The van der Waals surface area contributed by atoms with Crippen LogP contribution in [0.5, 0.6) is 0 Å². The van der Waals surface area contributed by atoms with Crippen LogP contribution in [0.3, 0.4) is 0 Å². The topological polar surface area (TPSA) is 58.6 Å². The molecule has 0 saturated carbocycles. The van der Waals surface area contributed by atoms with E-state index in [2.05, 4.69) is 24.1 Å². The summed E-state index contributed by atoms with van der Waals surface area (Å²) < 4.78 is 5.30. The van der Waals surface area contributed by atoms with Crippen molar-refractivity contribution in [1.82, 2.24) is 10.2 Å². The van der Waals surface area contributed by atoms with Crippen molar-refractivity contribution >= 4 is 22.8 Å². The molecule has 0 radical (unpaired) electrons. The van der Waals surface area contributed by atoms with Crippen molar-refractivity contribution in [2.75, 3.05) is 45.1 Å². The third kappa shape index (κ3) is 8.44. The van der Waals surface area contributed by atoms with Crippen LogP contribution in [0.4, 0.5) is 0 Å². The van der Waals surface area contributed by atoms with Gasteiger partial charge in [-0.25, -0.2) is 0 Å². The molecule has 5 nitrogen and oxygen atoms in total. The van der Waals surface area contributed by atoms with Gasteiger partial charge >= 0.3 is 0 Å². The summed E-state index contributed by atoms with van der Waals surface area (Å²) in [5.41, 5.74) is 0. The van der Waals surface area contributed by atoms with E-state index in [1.165, 1.54) is 11.8 Å². The Bertz CT molecular complexity index is 331. The summed E-state index contributed by atoms with van der Waals surface area (Å²) in [6.07, 6.45) is 0.823. The maximum Gasteiger partial charge on any atom is 0.224 e. The number of hydrogen-bond donors (Lipinski definition) is 1. The Kier molecular flexibility index (Phi) is 8.96. The normalized spacial score (nSPS) is 17.7. The average Bonchev–Trinajstić information content (AvgIpc) is 2.44. The summed E-state index contributed by atoms with van der Waals surface area (Å²) in [5.74, 6) is 1.03. The van der Waals surface area contributed by atoms with Gasteiger partial charge in [-0.15, -0.1) is 0 Å². The number of morpholine rings is 1. The number of rotatable bonds is 8. The molecule has 1 saturated heterocycles. The Morgan fingerprint density at radius 2 is 1.95 bits per heavy atom. The Hall–Kier alpha value is -0.590. The van der Waals surface area contributed by atoms with Crippen LogP contribution in [0, 0.1) is 11.8 Å². The molecule has 0 bridgehead atoms. The largest absolute Gasteiger partial charge is 0.379 e. The lowest BCUT2D eigenvalue weighted by atomic mass is 9.98. The molecular weight excluding hydrogens is 288 g/mol. The molecule has 1 unspecified atom stereocenters. The van der Waals surface area contributed by atoms with Crippen LogP contribution in [-0.2, 0) is 14.3 Å². The van der Waals surface area contributed by atoms with Crippen molar-refractivity contribution in [3.05, 3.63) is 0 Å². The van der Waals surface area contributed by atoms with Gasteiger partial charge in [-0.05, 0) is 12.3 Å². The van der Waals surface area contributed by atoms with Gasteiger partial charge in [0.05, 0.1) is 13.2 Å². The first-order valence-corrected chi connectivity index (χ1v) is 8.68. The number of ether oxygens (including phenoxy) is 1. The molecule has 122 valence electrons. The first-order chi connectivity index (χ1) is 9.99. The maximum absolute atomic E-state index is 12.3. The minimum atomic E-state index is -0.0800. The zero-order valence-corrected chi connectivity index (χ0v) is 14.2. The predicted molar refractivity (Wildman–Crippen MR) is 86.4 cm³/mol. The van der Waals surface area contributed by atoms with E-state index in [1.807, 2.05) is 0 Å². The monoisotopic (exact) mass is 316 g/mol. The lowest BCUT2D eigenvalue weighted by molar-refractivity contribution is -0.124. The fourth-order valence-corrected chi connectivity index (χ4v) is 3.07.